The molecule has 2 N–H and O–H groups in total. The molecule has 1 saturated carbocycles. The Bertz CT molecular complexity index is 522. The highest BCUT2D eigenvalue weighted by molar-refractivity contribution is 7.91. The minimum atomic E-state index is -3.54. The Morgan fingerprint density at radius 2 is 1.89 bits per heavy atom. The lowest BCUT2D eigenvalue weighted by Gasteiger charge is -2.21. The van der Waals surface area contributed by atoms with Gasteiger partial charge in [-0.25, -0.2) is 12.8 Å². The van der Waals surface area contributed by atoms with Crippen LogP contribution in [0.3, 0.4) is 0 Å². The van der Waals surface area contributed by atoms with Crippen LogP contribution in [0.1, 0.15) is 32.1 Å². The highest BCUT2D eigenvalue weighted by atomic mass is 32.2. The van der Waals surface area contributed by atoms with Crippen molar-refractivity contribution in [2.75, 3.05) is 11.5 Å². The second kappa shape index (κ2) is 5.26. The molecule has 2 rings (SSSR count). The molecule has 18 heavy (non-hydrogen) atoms. The van der Waals surface area contributed by atoms with Crippen molar-refractivity contribution in [3.63, 3.8) is 0 Å². The van der Waals surface area contributed by atoms with Crippen molar-refractivity contribution < 1.29 is 12.8 Å². The first-order valence-electron chi connectivity index (χ1n) is 6.27. The third-order valence-corrected chi connectivity index (χ3v) is 5.38. The monoisotopic (exact) mass is 271 g/mol. The fraction of sp³-hybridized carbons (Fsp3) is 0.538. The van der Waals surface area contributed by atoms with E-state index < -0.39 is 15.7 Å². The van der Waals surface area contributed by atoms with Crippen LogP contribution in [0.4, 0.5) is 10.1 Å². The molecule has 0 spiro atoms. The number of halogens is 1. The summed E-state index contributed by atoms with van der Waals surface area (Å²) in [7, 11) is -3.54. The summed E-state index contributed by atoms with van der Waals surface area (Å²) in [5.41, 5.74) is 5.66. The van der Waals surface area contributed by atoms with Crippen LogP contribution in [-0.2, 0) is 9.84 Å². The maximum absolute atomic E-state index is 13.6. The lowest BCUT2D eigenvalue weighted by atomic mass is 9.91. The molecule has 1 aromatic rings. The molecular formula is C13H18FNO2S. The summed E-state index contributed by atoms with van der Waals surface area (Å²) >= 11 is 0. The molecule has 1 aromatic carbocycles. The second-order valence-electron chi connectivity index (χ2n) is 4.98. The van der Waals surface area contributed by atoms with Crippen LogP contribution in [-0.4, -0.2) is 14.2 Å². The molecule has 0 aromatic heterocycles. The zero-order valence-electron chi connectivity index (χ0n) is 10.2. The largest absolute Gasteiger partial charge is 0.399 e. The van der Waals surface area contributed by atoms with E-state index in [9.17, 15) is 12.8 Å². The zero-order chi connectivity index (χ0) is 13.2. The molecule has 0 unspecified atom stereocenters. The Morgan fingerprint density at radius 1 is 1.22 bits per heavy atom. The van der Waals surface area contributed by atoms with Gasteiger partial charge in [0.25, 0.3) is 0 Å². The Labute approximate surface area is 107 Å². The summed E-state index contributed by atoms with van der Waals surface area (Å²) in [6.07, 6.45) is 5.17. The van der Waals surface area contributed by atoms with Crippen LogP contribution in [0.25, 0.3) is 0 Å². The topological polar surface area (TPSA) is 60.2 Å². The van der Waals surface area contributed by atoms with Gasteiger partial charge in [0.2, 0.25) is 0 Å². The number of anilines is 1. The molecule has 0 saturated heterocycles. The third kappa shape index (κ3) is 3.02. The van der Waals surface area contributed by atoms with Crippen LogP contribution >= 0.6 is 0 Å². The lowest BCUT2D eigenvalue weighted by molar-refractivity contribution is 0.384. The van der Waals surface area contributed by atoms with E-state index in [4.69, 9.17) is 5.73 Å². The van der Waals surface area contributed by atoms with Crippen molar-refractivity contribution in [3.8, 4) is 0 Å². The van der Waals surface area contributed by atoms with Gasteiger partial charge in [-0.2, -0.15) is 0 Å². The quantitative estimate of drug-likeness (QED) is 0.860. The molecule has 0 radical (unpaired) electrons. The van der Waals surface area contributed by atoms with Gasteiger partial charge in [0, 0.05) is 5.69 Å². The summed E-state index contributed by atoms with van der Waals surface area (Å²) in [6, 6.07) is 3.76. The normalized spacial score (nSPS) is 17.8. The number of benzene rings is 1. The smallest absolute Gasteiger partial charge is 0.181 e. The standard InChI is InChI=1S/C13H18FNO2S/c14-12-8-11(15)6-7-13(12)18(16,17)9-10-4-2-1-3-5-10/h6-8,10H,1-5,9,15H2. The van der Waals surface area contributed by atoms with E-state index in [1.54, 1.807) is 0 Å². The lowest BCUT2D eigenvalue weighted by Crippen LogP contribution is -2.19. The Morgan fingerprint density at radius 3 is 2.50 bits per heavy atom. The number of sulfone groups is 1. The Balaban J connectivity index is 2.19. The molecule has 1 fully saturated rings. The molecule has 0 amide bonds. The first-order chi connectivity index (χ1) is 8.49. The molecule has 5 heteroatoms. The van der Waals surface area contributed by atoms with Gasteiger partial charge in [0.15, 0.2) is 9.84 Å². The zero-order valence-corrected chi connectivity index (χ0v) is 11.0. The van der Waals surface area contributed by atoms with E-state index in [1.165, 1.54) is 18.6 Å². The van der Waals surface area contributed by atoms with E-state index >= 15 is 0 Å². The molecule has 100 valence electrons. The average molecular weight is 271 g/mol. The van der Waals surface area contributed by atoms with Crippen LogP contribution in [0.15, 0.2) is 23.1 Å². The number of nitrogens with two attached hydrogens (primary N) is 1. The van der Waals surface area contributed by atoms with Gasteiger partial charge < -0.3 is 5.73 Å². The summed E-state index contributed by atoms with van der Waals surface area (Å²) in [6.45, 7) is 0. The van der Waals surface area contributed by atoms with E-state index in [2.05, 4.69) is 0 Å². The van der Waals surface area contributed by atoms with E-state index in [0.29, 0.717) is 0 Å². The Hall–Kier alpha value is -1.10. The first-order valence-corrected chi connectivity index (χ1v) is 7.92. The van der Waals surface area contributed by atoms with Gasteiger partial charge in [-0.15, -0.1) is 0 Å². The summed E-state index contributed by atoms with van der Waals surface area (Å²) in [4.78, 5) is -0.220. The molecule has 0 heterocycles. The highest BCUT2D eigenvalue weighted by Crippen LogP contribution is 2.28. The fourth-order valence-electron chi connectivity index (χ4n) is 2.52. The summed E-state index contributed by atoms with van der Waals surface area (Å²) < 4.78 is 37.9. The SMILES string of the molecule is Nc1ccc(S(=O)(=O)CC2CCCCC2)c(F)c1. The summed E-state index contributed by atoms with van der Waals surface area (Å²) in [5, 5.41) is 0. The second-order valence-corrected chi connectivity index (χ2v) is 6.98. The van der Waals surface area contributed by atoms with E-state index in [1.807, 2.05) is 0 Å². The van der Waals surface area contributed by atoms with Crippen molar-refractivity contribution in [1.82, 2.24) is 0 Å². The fourth-order valence-corrected chi connectivity index (χ4v) is 4.29. The molecular weight excluding hydrogens is 253 g/mol. The third-order valence-electron chi connectivity index (χ3n) is 3.47. The molecule has 1 aliphatic rings. The molecule has 1 aliphatic carbocycles. The van der Waals surface area contributed by atoms with Gasteiger partial charge in [0.05, 0.1) is 5.75 Å². The molecule has 0 aliphatic heterocycles. The van der Waals surface area contributed by atoms with Gasteiger partial charge >= 0.3 is 0 Å². The van der Waals surface area contributed by atoms with Crippen molar-refractivity contribution in [2.45, 2.75) is 37.0 Å². The average Bonchev–Trinajstić information content (AvgIpc) is 2.29. The first kappa shape index (κ1) is 13.3. The van der Waals surface area contributed by atoms with Crippen LogP contribution in [0, 0.1) is 11.7 Å². The molecule has 3 nitrogen and oxygen atoms in total. The van der Waals surface area contributed by atoms with Gasteiger partial charge in [-0.1, -0.05) is 19.3 Å². The minimum absolute atomic E-state index is 0.0494. The predicted molar refractivity (Wildman–Crippen MR) is 69.4 cm³/mol. The van der Waals surface area contributed by atoms with Crippen molar-refractivity contribution >= 4 is 15.5 Å². The van der Waals surface area contributed by atoms with Crippen LogP contribution < -0.4 is 5.73 Å². The predicted octanol–water partition coefficient (Wildman–Crippen LogP) is 2.76. The molecule has 0 atom stereocenters. The van der Waals surface area contributed by atoms with Crippen molar-refractivity contribution in [1.29, 1.82) is 0 Å². The molecule has 0 bridgehead atoms. The van der Waals surface area contributed by atoms with E-state index in [0.717, 1.165) is 31.7 Å². The maximum Gasteiger partial charge on any atom is 0.181 e. The number of rotatable bonds is 3. The van der Waals surface area contributed by atoms with Gasteiger partial charge in [-0.05, 0) is 37.0 Å². The number of hydrogen-bond acceptors (Lipinski definition) is 3. The maximum atomic E-state index is 13.6. The van der Waals surface area contributed by atoms with Crippen LogP contribution in [0.2, 0.25) is 0 Å². The highest BCUT2D eigenvalue weighted by Gasteiger charge is 2.25. The van der Waals surface area contributed by atoms with Gasteiger partial charge in [0.1, 0.15) is 10.7 Å². The van der Waals surface area contributed by atoms with Crippen LogP contribution in [0.5, 0.6) is 0 Å². The van der Waals surface area contributed by atoms with Gasteiger partial charge in [-0.3, -0.25) is 0 Å². The summed E-state index contributed by atoms with van der Waals surface area (Å²) in [5.74, 6) is -0.528. The minimum Gasteiger partial charge on any atom is -0.399 e. The number of hydrogen-bond donors (Lipinski definition) is 1. The van der Waals surface area contributed by atoms with Crippen molar-refractivity contribution in [3.05, 3.63) is 24.0 Å². The van der Waals surface area contributed by atoms with E-state index in [-0.39, 0.29) is 22.3 Å². The Kier molecular flexibility index (Phi) is 3.90. The number of nitrogen functional groups attached to an aromatic ring is 1. The van der Waals surface area contributed by atoms with Crippen molar-refractivity contribution in [2.24, 2.45) is 5.92 Å².